The van der Waals surface area contributed by atoms with E-state index >= 15 is 0 Å². The summed E-state index contributed by atoms with van der Waals surface area (Å²) in [5, 5.41) is 0. The Hall–Kier alpha value is -0.780. The number of benzene rings is 1. The zero-order chi connectivity index (χ0) is 8.39. The third-order valence-electron chi connectivity index (χ3n) is 2.87. The molecule has 0 aromatic heterocycles. The summed E-state index contributed by atoms with van der Waals surface area (Å²) in [6, 6.07) is 9.70. The lowest BCUT2D eigenvalue weighted by Gasteiger charge is -2.11. The van der Waals surface area contributed by atoms with E-state index in [2.05, 4.69) is 25.1 Å². The van der Waals surface area contributed by atoms with Gasteiger partial charge in [0.1, 0.15) is 0 Å². The largest absolute Gasteiger partial charge is 0.0614 e. The quantitative estimate of drug-likeness (QED) is 0.588. The molecule has 1 aliphatic rings. The SMILES string of the molecule is Cc1ccc[c]c1C1CCCC1. The predicted octanol–water partition coefficient (Wildman–Crippen LogP) is 3.45. The Bertz CT molecular complexity index is 256. The van der Waals surface area contributed by atoms with Crippen LogP contribution in [0.4, 0.5) is 0 Å². The van der Waals surface area contributed by atoms with Gasteiger partial charge in [-0.3, -0.25) is 0 Å². The molecule has 1 saturated carbocycles. The first-order chi connectivity index (χ1) is 5.88. The second-order valence-electron chi connectivity index (χ2n) is 3.75. The van der Waals surface area contributed by atoms with Crippen LogP contribution in [0.2, 0.25) is 0 Å². The van der Waals surface area contributed by atoms with Crippen molar-refractivity contribution in [3.05, 3.63) is 35.4 Å². The normalized spacial score (nSPS) is 18.4. The van der Waals surface area contributed by atoms with Crippen molar-refractivity contribution in [3.8, 4) is 0 Å². The van der Waals surface area contributed by atoms with E-state index in [1.807, 2.05) is 6.07 Å². The van der Waals surface area contributed by atoms with Gasteiger partial charge in [0.2, 0.25) is 0 Å². The molecule has 1 aliphatic carbocycles. The first-order valence-electron chi connectivity index (χ1n) is 4.85. The van der Waals surface area contributed by atoms with Crippen LogP contribution in [-0.4, -0.2) is 0 Å². The van der Waals surface area contributed by atoms with Gasteiger partial charge in [0.05, 0.1) is 0 Å². The maximum atomic E-state index is 3.38. The summed E-state index contributed by atoms with van der Waals surface area (Å²) in [6.45, 7) is 2.20. The Morgan fingerprint density at radius 1 is 1.33 bits per heavy atom. The second kappa shape index (κ2) is 3.30. The molecule has 0 bridgehead atoms. The highest BCUT2D eigenvalue weighted by Gasteiger charge is 2.17. The summed E-state index contributed by atoms with van der Waals surface area (Å²) >= 11 is 0. The van der Waals surface area contributed by atoms with Gasteiger partial charge in [0.15, 0.2) is 0 Å². The zero-order valence-corrected chi connectivity index (χ0v) is 7.64. The molecule has 0 heteroatoms. The van der Waals surface area contributed by atoms with E-state index in [0.29, 0.717) is 0 Å². The van der Waals surface area contributed by atoms with Crippen LogP contribution >= 0.6 is 0 Å². The van der Waals surface area contributed by atoms with Crippen molar-refractivity contribution in [1.29, 1.82) is 0 Å². The van der Waals surface area contributed by atoms with Crippen molar-refractivity contribution in [2.75, 3.05) is 0 Å². The number of hydrogen-bond donors (Lipinski definition) is 0. The smallest absolute Gasteiger partial charge is 0.0143 e. The molecule has 1 aromatic carbocycles. The maximum absolute atomic E-state index is 3.38. The van der Waals surface area contributed by atoms with E-state index in [1.54, 1.807) is 0 Å². The van der Waals surface area contributed by atoms with E-state index in [1.165, 1.54) is 36.8 Å². The van der Waals surface area contributed by atoms with Gasteiger partial charge in [-0.1, -0.05) is 31.0 Å². The Labute approximate surface area is 74.6 Å². The molecular formula is C12H15. The number of rotatable bonds is 1. The van der Waals surface area contributed by atoms with Crippen molar-refractivity contribution in [2.24, 2.45) is 0 Å². The van der Waals surface area contributed by atoms with Gasteiger partial charge in [-0.25, -0.2) is 0 Å². The average Bonchev–Trinajstić information content (AvgIpc) is 2.57. The Morgan fingerprint density at radius 2 is 2.08 bits per heavy atom. The van der Waals surface area contributed by atoms with Crippen LogP contribution in [0.25, 0.3) is 0 Å². The van der Waals surface area contributed by atoms with Gasteiger partial charge in [-0.2, -0.15) is 0 Å². The summed E-state index contributed by atoms with van der Waals surface area (Å²) in [7, 11) is 0. The summed E-state index contributed by atoms with van der Waals surface area (Å²) in [5.41, 5.74) is 2.89. The Morgan fingerprint density at radius 3 is 2.75 bits per heavy atom. The third-order valence-corrected chi connectivity index (χ3v) is 2.87. The lowest BCUT2D eigenvalue weighted by molar-refractivity contribution is 0.717. The van der Waals surface area contributed by atoms with Crippen molar-refractivity contribution in [2.45, 2.75) is 38.5 Å². The van der Waals surface area contributed by atoms with Crippen LogP contribution in [0, 0.1) is 13.0 Å². The van der Waals surface area contributed by atoms with Crippen molar-refractivity contribution in [1.82, 2.24) is 0 Å². The highest BCUT2D eigenvalue weighted by atomic mass is 14.2. The molecule has 1 aromatic rings. The molecule has 0 nitrogen and oxygen atoms in total. The third kappa shape index (κ3) is 1.38. The molecule has 0 N–H and O–H groups in total. The predicted molar refractivity (Wildman–Crippen MR) is 51.2 cm³/mol. The van der Waals surface area contributed by atoms with Crippen LogP contribution in [0.15, 0.2) is 18.2 Å². The van der Waals surface area contributed by atoms with Gasteiger partial charge >= 0.3 is 0 Å². The molecule has 1 fully saturated rings. The minimum atomic E-state index is 0.811. The minimum Gasteiger partial charge on any atom is -0.0614 e. The van der Waals surface area contributed by atoms with Crippen molar-refractivity contribution in [3.63, 3.8) is 0 Å². The molecule has 1 radical (unpaired) electrons. The molecular weight excluding hydrogens is 144 g/mol. The summed E-state index contributed by atoms with van der Waals surface area (Å²) < 4.78 is 0. The van der Waals surface area contributed by atoms with Gasteiger partial charge in [-0.05, 0) is 42.9 Å². The van der Waals surface area contributed by atoms with E-state index in [4.69, 9.17) is 0 Å². The molecule has 0 spiro atoms. The summed E-state index contributed by atoms with van der Waals surface area (Å²) in [5.74, 6) is 0.811. The van der Waals surface area contributed by atoms with Crippen LogP contribution in [0.3, 0.4) is 0 Å². The van der Waals surface area contributed by atoms with Crippen LogP contribution < -0.4 is 0 Å². The van der Waals surface area contributed by atoms with Gasteiger partial charge in [0.25, 0.3) is 0 Å². The minimum absolute atomic E-state index is 0.811. The summed E-state index contributed by atoms with van der Waals surface area (Å²) in [4.78, 5) is 0. The standard InChI is InChI=1S/C12H15/c1-10-6-2-5-9-12(10)11-7-3-4-8-11/h2,5-6,11H,3-4,7-8H2,1H3. The highest BCUT2D eigenvalue weighted by Crippen LogP contribution is 2.34. The fourth-order valence-corrected chi connectivity index (χ4v) is 2.19. The molecule has 0 amide bonds. The maximum Gasteiger partial charge on any atom is -0.0143 e. The van der Waals surface area contributed by atoms with E-state index < -0.39 is 0 Å². The number of hydrogen-bond acceptors (Lipinski definition) is 0. The first kappa shape index (κ1) is 7.85. The average molecular weight is 159 g/mol. The highest BCUT2D eigenvalue weighted by molar-refractivity contribution is 5.28. The molecule has 12 heavy (non-hydrogen) atoms. The van der Waals surface area contributed by atoms with Crippen LogP contribution in [0.5, 0.6) is 0 Å². The van der Waals surface area contributed by atoms with Crippen LogP contribution in [0.1, 0.15) is 42.7 Å². The van der Waals surface area contributed by atoms with Crippen molar-refractivity contribution < 1.29 is 0 Å². The first-order valence-corrected chi connectivity index (χ1v) is 4.85. The molecule has 0 atom stereocenters. The van der Waals surface area contributed by atoms with E-state index in [0.717, 1.165) is 5.92 Å². The molecule has 0 unspecified atom stereocenters. The molecule has 2 rings (SSSR count). The Balaban J connectivity index is 2.26. The lowest BCUT2D eigenvalue weighted by Crippen LogP contribution is -1.94. The fourth-order valence-electron chi connectivity index (χ4n) is 2.19. The molecule has 0 saturated heterocycles. The molecule has 0 heterocycles. The van der Waals surface area contributed by atoms with Crippen molar-refractivity contribution >= 4 is 0 Å². The fraction of sp³-hybridized carbons (Fsp3) is 0.500. The van der Waals surface area contributed by atoms with Gasteiger partial charge < -0.3 is 0 Å². The van der Waals surface area contributed by atoms with Gasteiger partial charge in [-0.15, -0.1) is 0 Å². The van der Waals surface area contributed by atoms with Crippen LogP contribution in [-0.2, 0) is 0 Å². The number of aryl methyl sites for hydroxylation is 1. The molecule has 63 valence electrons. The summed E-state index contributed by atoms with van der Waals surface area (Å²) in [6.07, 6.45) is 5.57. The second-order valence-corrected chi connectivity index (χ2v) is 3.75. The van der Waals surface area contributed by atoms with E-state index in [9.17, 15) is 0 Å². The van der Waals surface area contributed by atoms with E-state index in [-0.39, 0.29) is 0 Å². The monoisotopic (exact) mass is 159 g/mol. The topological polar surface area (TPSA) is 0 Å². The van der Waals surface area contributed by atoms with Gasteiger partial charge in [0, 0.05) is 0 Å². The zero-order valence-electron chi connectivity index (χ0n) is 7.64. The Kier molecular flexibility index (Phi) is 2.16. The molecule has 0 aliphatic heterocycles. The lowest BCUT2D eigenvalue weighted by atomic mass is 9.94.